The summed E-state index contributed by atoms with van der Waals surface area (Å²) in [6.07, 6.45) is 0.314. The topological polar surface area (TPSA) is 122 Å². The molecular weight excluding hydrogens is 681 g/mol. The van der Waals surface area contributed by atoms with Crippen molar-refractivity contribution in [3.63, 3.8) is 0 Å². The number of aliphatic hydroxyl groups excluding tert-OH is 1. The molecule has 2 aliphatic rings. The largest absolute Gasteiger partial charge is 0.448 e. The van der Waals surface area contributed by atoms with Gasteiger partial charge in [0.2, 0.25) is 0 Å². The molecule has 252 valence electrons. The molecule has 0 radical (unpaired) electrons. The molecule has 0 unspecified atom stereocenters. The van der Waals surface area contributed by atoms with Gasteiger partial charge >= 0.3 is 12.1 Å². The molecule has 0 spiro atoms. The molecule has 6 rings (SSSR count). The predicted molar refractivity (Wildman–Crippen MR) is 193 cm³/mol. The Labute approximate surface area is 296 Å². The second-order valence-electron chi connectivity index (χ2n) is 12.4. The zero-order chi connectivity index (χ0) is 34.7. The van der Waals surface area contributed by atoms with Crippen LogP contribution in [0.5, 0.6) is 0 Å². The molecule has 49 heavy (non-hydrogen) atoms. The van der Waals surface area contributed by atoms with Crippen LogP contribution in [0.4, 0.5) is 4.79 Å². The number of nitrogens with zero attached hydrogens (tertiary/aromatic N) is 1. The minimum Gasteiger partial charge on any atom is -0.448 e. The van der Waals surface area contributed by atoms with E-state index in [1.54, 1.807) is 56.5 Å². The molecule has 4 aromatic rings. The number of fused-ring (bicyclic) bond motifs is 2. The van der Waals surface area contributed by atoms with Crippen LogP contribution in [-0.4, -0.2) is 50.7 Å². The minimum absolute atomic E-state index is 0.101. The Hall–Kier alpha value is -4.36. The number of rotatable bonds is 9. The van der Waals surface area contributed by atoms with Gasteiger partial charge in [-0.05, 0) is 66.7 Å². The molecule has 1 saturated heterocycles. The van der Waals surface area contributed by atoms with E-state index in [1.165, 1.54) is 39.8 Å². The summed E-state index contributed by atoms with van der Waals surface area (Å²) in [6, 6.07) is 24.7. The Morgan fingerprint density at radius 2 is 1.69 bits per heavy atom. The monoisotopic (exact) mass is 714 g/mol. The second-order valence-corrected chi connectivity index (χ2v) is 15.7. The van der Waals surface area contributed by atoms with E-state index in [2.05, 4.69) is 5.32 Å². The molecular formula is C37H34N2O7S3. The summed E-state index contributed by atoms with van der Waals surface area (Å²) in [6.45, 7) is 5.09. The fraction of sp³-hybridized carbons (Fsp3) is 0.243. The average Bonchev–Trinajstić information content (AvgIpc) is 3.09. The van der Waals surface area contributed by atoms with Crippen LogP contribution in [0.3, 0.4) is 0 Å². The first kappa shape index (κ1) is 34.5. The van der Waals surface area contributed by atoms with Crippen molar-refractivity contribution in [1.29, 1.82) is 0 Å². The van der Waals surface area contributed by atoms with E-state index in [9.17, 15) is 24.3 Å². The standard InChI is InChI=1S/C37H34N2O7S3/c1-37(2,3)46-36(44)38-30-33(42)39-31(35(43)45-32(23-10-6-4-7-11-23)24-12-8-5-9-13-24)25(21-48-34(30)39)16-17-47-29-19-27(41)26-15-14-22(20-40)18-28(26)49-29/h4-19,30,32,34,40H,20-21H2,1-3H3,(H,38,44)/t30-,34-/m1/s1. The highest BCUT2D eigenvalue weighted by molar-refractivity contribution is 8.04. The molecule has 3 heterocycles. The third kappa shape index (κ3) is 7.78. The van der Waals surface area contributed by atoms with Gasteiger partial charge < -0.3 is 19.9 Å². The van der Waals surface area contributed by atoms with E-state index in [0.29, 0.717) is 22.3 Å². The van der Waals surface area contributed by atoms with Crippen molar-refractivity contribution in [2.45, 2.75) is 54.7 Å². The molecule has 2 atom stereocenters. The Kier molecular flexibility index (Phi) is 10.3. The number of aliphatic hydroxyl groups is 1. The number of β-lactam (4-membered cyclic amide) rings is 1. The van der Waals surface area contributed by atoms with Gasteiger partial charge in [0.25, 0.3) is 5.91 Å². The van der Waals surface area contributed by atoms with Gasteiger partial charge in [0, 0.05) is 21.9 Å². The maximum absolute atomic E-state index is 14.2. The quantitative estimate of drug-likeness (QED) is 0.110. The zero-order valence-electron chi connectivity index (χ0n) is 27.0. The van der Waals surface area contributed by atoms with Gasteiger partial charge in [-0.3, -0.25) is 14.5 Å². The van der Waals surface area contributed by atoms with Crippen molar-refractivity contribution < 1.29 is 29.0 Å². The number of alkyl carbamates (subject to hydrolysis) is 1. The van der Waals surface area contributed by atoms with Crippen LogP contribution >= 0.6 is 34.9 Å². The highest BCUT2D eigenvalue weighted by Gasteiger charge is 2.54. The summed E-state index contributed by atoms with van der Waals surface area (Å²) >= 11 is 4.16. The number of ether oxygens (including phenoxy) is 2. The number of hydrogen-bond donors (Lipinski definition) is 2. The zero-order valence-corrected chi connectivity index (χ0v) is 29.4. The van der Waals surface area contributed by atoms with Gasteiger partial charge in [-0.2, -0.15) is 0 Å². The van der Waals surface area contributed by atoms with Crippen LogP contribution in [0.2, 0.25) is 0 Å². The van der Waals surface area contributed by atoms with E-state index in [-0.39, 0.29) is 17.7 Å². The number of carbonyl (C=O) groups excluding carboxylic acids is 3. The molecule has 3 aromatic carbocycles. The smallest absolute Gasteiger partial charge is 0.408 e. The van der Waals surface area contributed by atoms with Gasteiger partial charge in [-0.1, -0.05) is 78.5 Å². The van der Waals surface area contributed by atoms with Crippen molar-refractivity contribution >= 4 is 62.9 Å². The maximum atomic E-state index is 14.2. The Bertz CT molecular complexity index is 1970. The SMILES string of the molecule is CC(C)(C)OC(=O)N[C@@H]1C(=O)N2C(C(=O)OC(c3ccccc3)c3ccccc3)=C(C=CSc3cc(=O)c4ccc(CO)cc4s3)CS[C@H]12. The van der Waals surface area contributed by atoms with Gasteiger partial charge in [0.1, 0.15) is 22.7 Å². The summed E-state index contributed by atoms with van der Waals surface area (Å²) in [5, 5.41) is 14.0. The maximum Gasteiger partial charge on any atom is 0.408 e. The molecule has 1 fully saturated rings. The Morgan fingerprint density at radius 1 is 1.02 bits per heavy atom. The fourth-order valence-corrected chi connectivity index (χ4v) is 8.82. The van der Waals surface area contributed by atoms with Crippen molar-refractivity contribution in [2.24, 2.45) is 0 Å². The van der Waals surface area contributed by atoms with E-state index in [4.69, 9.17) is 9.47 Å². The Balaban J connectivity index is 1.32. The summed E-state index contributed by atoms with van der Waals surface area (Å²) in [7, 11) is 0. The highest BCUT2D eigenvalue weighted by Crippen LogP contribution is 2.42. The van der Waals surface area contributed by atoms with Crippen LogP contribution < -0.4 is 10.7 Å². The molecule has 1 aromatic heterocycles. The van der Waals surface area contributed by atoms with Crippen LogP contribution in [0, 0.1) is 0 Å². The molecule has 0 saturated carbocycles. The Morgan fingerprint density at radius 3 is 2.33 bits per heavy atom. The molecule has 12 heteroatoms. The molecule has 0 aliphatic carbocycles. The number of hydrogen-bond acceptors (Lipinski definition) is 10. The van der Waals surface area contributed by atoms with Crippen LogP contribution in [0.1, 0.15) is 43.6 Å². The van der Waals surface area contributed by atoms with Gasteiger partial charge in [0.15, 0.2) is 11.5 Å². The second kappa shape index (κ2) is 14.6. The summed E-state index contributed by atoms with van der Waals surface area (Å²) in [4.78, 5) is 54.6. The lowest BCUT2D eigenvalue weighted by atomic mass is 10.0. The number of esters is 1. The van der Waals surface area contributed by atoms with E-state index in [1.807, 2.05) is 60.7 Å². The summed E-state index contributed by atoms with van der Waals surface area (Å²) < 4.78 is 13.1. The number of allylic oxidation sites excluding steroid dienone is 1. The average molecular weight is 715 g/mol. The first-order valence-corrected chi connectivity index (χ1v) is 18.3. The van der Waals surface area contributed by atoms with Crippen molar-refractivity contribution in [2.75, 3.05) is 5.75 Å². The van der Waals surface area contributed by atoms with Crippen molar-refractivity contribution in [3.05, 3.63) is 135 Å². The number of nitrogens with one attached hydrogen (secondary N) is 1. The molecule has 2 N–H and O–H groups in total. The van der Waals surface area contributed by atoms with Crippen LogP contribution in [0.25, 0.3) is 10.1 Å². The normalized spacial score (nSPS) is 17.7. The fourth-order valence-electron chi connectivity index (χ4n) is 5.46. The number of amides is 2. The summed E-state index contributed by atoms with van der Waals surface area (Å²) in [5.74, 6) is -0.766. The van der Waals surface area contributed by atoms with Crippen molar-refractivity contribution in [1.82, 2.24) is 10.2 Å². The number of thioether (sulfide) groups is 2. The molecule has 0 bridgehead atoms. The lowest BCUT2D eigenvalue weighted by Gasteiger charge is -2.49. The lowest BCUT2D eigenvalue weighted by Crippen LogP contribution is -2.70. The van der Waals surface area contributed by atoms with Crippen molar-refractivity contribution in [3.8, 4) is 0 Å². The van der Waals surface area contributed by atoms with E-state index >= 15 is 0 Å². The van der Waals surface area contributed by atoms with Gasteiger partial charge in [0.05, 0.1) is 10.8 Å². The number of carbonyl (C=O) groups is 3. The van der Waals surface area contributed by atoms with Gasteiger partial charge in [-0.25, -0.2) is 9.59 Å². The molecule has 9 nitrogen and oxygen atoms in total. The van der Waals surface area contributed by atoms with E-state index in [0.717, 1.165) is 20.0 Å². The molecule has 2 aliphatic heterocycles. The van der Waals surface area contributed by atoms with Crippen LogP contribution in [0.15, 0.2) is 117 Å². The number of benzene rings is 3. The lowest BCUT2D eigenvalue weighted by molar-refractivity contribution is -0.153. The highest BCUT2D eigenvalue weighted by atomic mass is 32.2. The molecule has 2 amide bonds. The predicted octanol–water partition coefficient (Wildman–Crippen LogP) is 6.75. The summed E-state index contributed by atoms with van der Waals surface area (Å²) in [5.41, 5.74) is 2.05. The minimum atomic E-state index is -0.875. The first-order chi connectivity index (χ1) is 23.5. The third-order valence-electron chi connectivity index (χ3n) is 7.70. The van der Waals surface area contributed by atoms with Gasteiger partial charge in [-0.15, -0.1) is 23.1 Å². The van der Waals surface area contributed by atoms with Crippen LogP contribution in [-0.2, 0) is 25.7 Å². The van der Waals surface area contributed by atoms with E-state index < -0.39 is 41.1 Å². The third-order valence-corrected chi connectivity index (χ3v) is 11.0. The first-order valence-electron chi connectivity index (χ1n) is 15.5.